The molecule has 2 rings (SSSR count). The van der Waals surface area contributed by atoms with E-state index >= 15 is 0 Å². The average molecular weight is 314 g/mol. The van der Waals surface area contributed by atoms with Crippen molar-refractivity contribution in [1.82, 2.24) is 4.98 Å². The van der Waals surface area contributed by atoms with Crippen LogP contribution in [0.4, 0.5) is 16.5 Å². The molecule has 2 N–H and O–H groups in total. The van der Waals surface area contributed by atoms with Crippen molar-refractivity contribution in [3.63, 3.8) is 0 Å². The predicted molar refractivity (Wildman–Crippen MR) is 75.6 cm³/mol. The molecule has 1 heterocycles. The molecule has 106 valence electrons. The van der Waals surface area contributed by atoms with Crippen molar-refractivity contribution in [2.45, 2.75) is 4.90 Å². The quantitative estimate of drug-likeness (QED) is 0.643. The first kappa shape index (κ1) is 14.2. The van der Waals surface area contributed by atoms with Crippen molar-refractivity contribution in [1.29, 1.82) is 0 Å². The molecule has 10 heteroatoms. The summed E-state index contributed by atoms with van der Waals surface area (Å²) in [7, 11) is -2.42. The maximum Gasteiger partial charge on any atom is 0.270 e. The van der Waals surface area contributed by atoms with Gasteiger partial charge in [0, 0.05) is 30.8 Å². The van der Waals surface area contributed by atoms with Crippen molar-refractivity contribution in [3.05, 3.63) is 39.9 Å². The van der Waals surface area contributed by atoms with Crippen LogP contribution in [-0.4, -0.2) is 25.4 Å². The molecular weight excluding hydrogens is 304 g/mol. The summed E-state index contributed by atoms with van der Waals surface area (Å²) < 4.78 is 26.8. The molecule has 2 aromatic rings. The van der Waals surface area contributed by atoms with Gasteiger partial charge >= 0.3 is 0 Å². The number of nitro groups is 1. The lowest BCUT2D eigenvalue weighted by molar-refractivity contribution is -0.385. The summed E-state index contributed by atoms with van der Waals surface area (Å²) >= 11 is 1.11. The van der Waals surface area contributed by atoms with Crippen molar-refractivity contribution in [2.24, 2.45) is 0 Å². The number of thiazole rings is 1. The van der Waals surface area contributed by atoms with E-state index in [0.717, 1.165) is 17.4 Å². The van der Waals surface area contributed by atoms with Crippen molar-refractivity contribution >= 4 is 37.9 Å². The molecule has 0 unspecified atom stereocenters. The van der Waals surface area contributed by atoms with Crippen LogP contribution in [0, 0.1) is 10.1 Å². The number of nitrogens with zero attached hydrogens (tertiary/aromatic N) is 2. The van der Waals surface area contributed by atoms with Crippen molar-refractivity contribution in [3.8, 4) is 0 Å². The standard InChI is InChI=1S/C10H10N4O4S2/c1-11-8-3-2-7(14(15)16)6-9(8)20(17,18)13-10-12-4-5-19-10/h2-6,11H,1H3,(H,12,13). The molecule has 0 fully saturated rings. The zero-order valence-corrected chi connectivity index (χ0v) is 11.9. The Bertz CT molecular complexity index is 728. The molecule has 1 aromatic carbocycles. The number of hydrogen-bond acceptors (Lipinski definition) is 7. The molecule has 8 nitrogen and oxygen atoms in total. The number of nitrogens with one attached hydrogen (secondary N) is 2. The van der Waals surface area contributed by atoms with E-state index in [-0.39, 0.29) is 21.4 Å². The normalized spacial score (nSPS) is 11.1. The first-order valence-electron chi connectivity index (χ1n) is 5.32. The number of sulfonamides is 1. The van der Waals surface area contributed by atoms with Gasteiger partial charge in [0.15, 0.2) is 5.13 Å². The van der Waals surface area contributed by atoms with Gasteiger partial charge in [0.05, 0.1) is 10.6 Å². The Labute approximate surface area is 118 Å². The van der Waals surface area contributed by atoms with Gasteiger partial charge in [-0.3, -0.25) is 14.8 Å². The van der Waals surface area contributed by atoms with Crippen LogP contribution in [0.5, 0.6) is 0 Å². The van der Waals surface area contributed by atoms with Crippen LogP contribution in [0.25, 0.3) is 0 Å². The fourth-order valence-electron chi connectivity index (χ4n) is 1.50. The smallest absolute Gasteiger partial charge is 0.270 e. The maximum atomic E-state index is 12.2. The molecule has 1 aromatic heterocycles. The zero-order chi connectivity index (χ0) is 14.8. The lowest BCUT2D eigenvalue weighted by atomic mass is 10.3. The Hall–Kier alpha value is -2.20. The fourth-order valence-corrected chi connectivity index (χ4v) is 3.52. The highest BCUT2D eigenvalue weighted by Crippen LogP contribution is 2.28. The minimum absolute atomic E-state index is 0.193. The molecule has 0 saturated heterocycles. The van der Waals surface area contributed by atoms with Crippen LogP contribution in [0.2, 0.25) is 0 Å². The molecule has 0 radical (unpaired) electrons. The van der Waals surface area contributed by atoms with E-state index in [9.17, 15) is 18.5 Å². The first-order valence-corrected chi connectivity index (χ1v) is 7.69. The van der Waals surface area contributed by atoms with Gasteiger partial charge in [-0.15, -0.1) is 11.3 Å². The van der Waals surface area contributed by atoms with Gasteiger partial charge in [-0.05, 0) is 6.07 Å². The lowest BCUT2D eigenvalue weighted by Crippen LogP contribution is -2.15. The van der Waals surface area contributed by atoms with Gasteiger partial charge in [0.25, 0.3) is 15.7 Å². The molecule has 0 bridgehead atoms. The van der Waals surface area contributed by atoms with Crippen molar-refractivity contribution < 1.29 is 13.3 Å². The highest BCUT2D eigenvalue weighted by atomic mass is 32.2. The second kappa shape index (κ2) is 5.43. The summed E-state index contributed by atoms with van der Waals surface area (Å²) in [6.07, 6.45) is 1.45. The monoisotopic (exact) mass is 314 g/mol. The van der Waals surface area contributed by atoms with E-state index in [1.54, 1.807) is 5.38 Å². The Morgan fingerprint density at radius 3 is 2.70 bits per heavy atom. The molecule has 20 heavy (non-hydrogen) atoms. The van der Waals surface area contributed by atoms with Gasteiger partial charge in [-0.2, -0.15) is 0 Å². The number of non-ortho nitro benzene ring substituents is 1. The Morgan fingerprint density at radius 2 is 2.15 bits per heavy atom. The summed E-state index contributed by atoms with van der Waals surface area (Å²) in [5.74, 6) is 0. The van der Waals surface area contributed by atoms with E-state index in [1.807, 2.05) is 0 Å². The Morgan fingerprint density at radius 1 is 1.40 bits per heavy atom. The van der Waals surface area contributed by atoms with E-state index in [1.165, 1.54) is 25.4 Å². The largest absolute Gasteiger partial charge is 0.387 e. The lowest BCUT2D eigenvalue weighted by Gasteiger charge is -2.10. The number of nitro benzene ring substituents is 1. The summed E-state index contributed by atoms with van der Waals surface area (Å²) in [5.41, 5.74) is -0.0387. The average Bonchev–Trinajstić information content (AvgIpc) is 2.90. The first-order chi connectivity index (χ1) is 9.44. The predicted octanol–water partition coefficient (Wildman–Crippen LogP) is 1.89. The third-order valence-corrected chi connectivity index (χ3v) is 4.59. The topological polar surface area (TPSA) is 114 Å². The number of rotatable bonds is 5. The minimum Gasteiger partial charge on any atom is -0.387 e. The summed E-state index contributed by atoms with van der Waals surface area (Å²) in [4.78, 5) is 13.7. The number of benzene rings is 1. The Balaban J connectivity index is 2.48. The fraction of sp³-hybridized carbons (Fsp3) is 0.100. The third kappa shape index (κ3) is 2.86. The van der Waals surface area contributed by atoms with Gasteiger partial charge in [0.2, 0.25) is 0 Å². The molecule has 0 spiro atoms. The summed E-state index contributed by atoms with van der Waals surface area (Å²) in [5, 5.41) is 15.3. The molecule has 0 amide bonds. The highest BCUT2D eigenvalue weighted by molar-refractivity contribution is 7.93. The second-order valence-corrected chi connectivity index (χ2v) is 6.18. The van der Waals surface area contributed by atoms with Gasteiger partial charge in [0.1, 0.15) is 4.90 Å². The van der Waals surface area contributed by atoms with Gasteiger partial charge < -0.3 is 5.32 Å². The van der Waals surface area contributed by atoms with Crippen LogP contribution in [-0.2, 0) is 10.0 Å². The van der Waals surface area contributed by atoms with Crippen LogP contribution in [0.3, 0.4) is 0 Å². The SMILES string of the molecule is CNc1ccc([N+](=O)[O-])cc1S(=O)(=O)Nc1nccs1. The molecule has 0 aliphatic rings. The summed E-state index contributed by atoms with van der Waals surface area (Å²) in [6.45, 7) is 0. The van der Waals surface area contributed by atoms with Gasteiger partial charge in [-0.25, -0.2) is 13.4 Å². The molecule has 0 atom stereocenters. The highest BCUT2D eigenvalue weighted by Gasteiger charge is 2.22. The van der Waals surface area contributed by atoms with Crippen LogP contribution in [0.15, 0.2) is 34.7 Å². The second-order valence-electron chi connectivity index (χ2n) is 3.63. The third-order valence-electron chi connectivity index (χ3n) is 2.39. The number of anilines is 2. The van der Waals surface area contributed by atoms with Crippen molar-refractivity contribution in [2.75, 3.05) is 17.1 Å². The Kier molecular flexibility index (Phi) is 3.86. The van der Waals surface area contributed by atoms with Gasteiger partial charge in [-0.1, -0.05) is 0 Å². The molecule has 0 aliphatic heterocycles. The van der Waals surface area contributed by atoms with Crippen LogP contribution < -0.4 is 10.0 Å². The van der Waals surface area contributed by atoms with Crippen LogP contribution in [0.1, 0.15) is 0 Å². The molecule has 0 aliphatic carbocycles. The van der Waals surface area contributed by atoms with E-state index in [2.05, 4.69) is 15.0 Å². The van der Waals surface area contributed by atoms with E-state index < -0.39 is 14.9 Å². The van der Waals surface area contributed by atoms with E-state index in [0.29, 0.717) is 0 Å². The zero-order valence-electron chi connectivity index (χ0n) is 10.2. The van der Waals surface area contributed by atoms with E-state index in [4.69, 9.17) is 0 Å². The molecular formula is C10H10N4O4S2. The maximum absolute atomic E-state index is 12.2. The summed E-state index contributed by atoms with van der Waals surface area (Å²) in [6, 6.07) is 3.57. The molecule has 0 saturated carbocycles. The minimum atomic E-state index is -3.95. The number of hydrogen-bond donors (Lipinski definition) is 2. The number of aromatic nitrogens is 1. The van der Waals surface area contributed by atoms with Crippen LogP contribution >= 0.6 is 11.3 Å².